The number of aromatic nitrogens is 2. The van der Waals surface area contributed by atoms with Crippen LogP contribution < -0.4 is 27.4 Å². The van der Waals surface area contributed by atoms with Gasteiger partial charge in [0.15, 0.2) is 0 Å². The van der Waals surface area contributed by atoms with Gasteiger partial charge in [-0.1, -0.05) is 0 Å². The van der Waals surface area contributed by atoms with Crippen molar-refractivity contribution < 1.29 is 24.3 Å². The minimum Gasteiger partial charge on any atom is -0.480 e. The zero-order valence-electron chi connectivity index (χ0n) is 19.2. The SMILES string of the molecule is CSCCC(NC(=O)C(Cc1cnc[nH]1)NC(=O)C(N)CS)C(=O)NC(CCCCN)C(=O)O. The Morgan fingerprint density at radius 1 is 1.09 bits per heavy atom. The van der Waals surface area contributed by atoms with Crippen LogP contribution in [0.4, 0.5) is 0 Å². The van der Waals surface area contributed by atoms with E-state index in [0.717, 1.165) is 0 Å². The van der Waals surface area contributed by atoms with E-state index in [1.165, 1.54) is 24.3 Å². The Hall–Kier alpha value is -2.29. The first-order valence-corrected chi connectivity index (χ1v) is 12.9. The fraction of sp³-hybridized carbons (Fsp3) is 0.650. The zero-order valence-corrected chi connectivity index (χ0v) is 20.9. The Balaban J connectivity index is 2.96. The van der Waals surface area contributed by atoms with Crippen LogP contribution >= 0.6 is 24.4 Å². The minimum absolute atomic E-state index is 0.0870. The van der Waals surface area contributed by atoms with Crippen LogP contribution in [-0.4, -0.2) is 87.2 Å². The maximum Gasteiger partial charge on any atom is 0.326 e. The van der Waals surface area contributed by atoms with Crippen molar-refractivity contribution in [3.8, 4) is 0 Å². The summed E-state index contributed by atoms with van der Waals surface area (Å²) >= 11 is 5.48. The molecule has 0 saturated carbocycles. The first kappa shape index (κ1) is 29.7. The molecule has 0 aliphatic heterocycles. The van der Waals surface area contributed by atoms with Gasteiger partial charge in [0.2, 0.25) is 17.7 Å². The van der Waals surface area contributed by atoms with Crippen molar-refractivity contribution in [2.45, 2.75) is 56.3 Å². The predicted molar refractivity (Wildman–Crippen MR) is 133 cm³/mol. The molecular weight excluding hydrogens is 482 g/mol. The lowest BCUT2D eigenvalue weighted by molar-refractivity contribution is -0.142. The van der Waals surface area contributed by atoms with E-state index in [-0.39, 0.29) is 25.0 Å². The van der Waals surface area contributed by atoms with Gasteiger partial charge in [0.1, 0.15) is 18.1 Å². The zero-order chi connectivity index (χ0) is 25.5. The van der Waals surface area contributed by atoms with Crippen molar-refractivity contribution in [3.05, 3.63) is 18.2 Å². The first-order valence-electron chi connectivity index (χ1n) is 10.9. The molecule has 0 saturated heterocycles. The molecule has 0 aliphatic carbocycles. The number of nitrogens with two attached hydrogens (primary N) is 2. The number of carbonyl (C=O) groups is 4. The van der Waals surface area contributed by atoms with E-state index >= 15 is 0 Å². The Kier molecular flexibility index (Phi) is 14.3. The van der Waals surface area contributed by atoms with Crippen molar-refractivity contribution >= 4 is 48.1 Å². The molecule has 192 valence electrons. The van der Waals surface area contributed by atoms with Gasteiger partial charge in [-0.3, -0.25) is 14.4 Å². The van der Waals surface area contributed by atoms with Gasteiger partial charge >= 0.3 is 5.97 Å². The van der Waals surface area contributed by atoms with Crippen LogP contribution in [0.3, 0.4) is 0 Å². The monoisotopic (exact) mass is 517 g/mol. The number of aromatic amines is 1. The van der Waals surface area contributed by atoms with Crippen molar-refractivity contribution in [2.75, 3.05) is 24.3 Å². The van der Waals surface area contributed by atoms with E-state index in [9.17, 15) is 24.3 Å². The van der Waals surface area contributed by atoms with E-state index in [1.807, 2.05) is 6.26 Å². The van der Waals surface area contributed by atoms with Gasteiger partial charge in [-0.05, 0) is 44.2 Å². The standard InChI is InChI=1S/C20H35N7O5S2/c1-34-7-5-14(18(29)26-15(20(31)32)4-2-3-6-21)25-19(30)16(8-12-9-23-11-24-12)27-17(28)13(22)10-33/h9,11,13-16,33H,2-8,10,21-22H2,1H3,(H,23,24)(H,25,30)(H,26,29)(H,27,28)(H,31,32). The molecule has 3 amide bonds. The average Bonchev–Trinajstić information content (AvgIpc) is 3.32. The van der Waals surface area contributed by atoms with Gasteiger partial charge in [-0.2, -0.15) is 24.4 Å². The molecule has 4 atom stereocenters. The average molecular weight is 518 g/mol. The van der Waals surface area contributed by atoms with E-state index in [0.29, 0.717) is 30.8 Å². The molecule has 9 N–H and O–H groups in total. The van der Waals surface area contributed by atoms with Crippen LogP contribution in [0.1, 0.15) is 31.4 Å². The largest absolute Gasteiger partial charge is 0.480 e. The summed E-state index contributed by atoms with van der Waals surface area (Å²) in [5.74, 6) is -2.31. The third kappa shape index (κ3) is 10.8. The number of carboxylic acid groups (broad SMARTS) is 1. The molecule has 0 aromatic carbocycles. The summed E-state index contributed by atoms with van der Waals surface area (Å²) in [6.45, 7) is 0.424. The Morgan fingerprint density at radius 3 is 2.29 bits per heavy atom. The summed E-state index contributed by atoms with van der Waals surface area (Å²) in [4.78, 5) is 56.6. The van der Waals surface area contributed by atoms with E-state index in [2.05, 4.69) is 38.5 Å². The Labute approximate surface area is 208 Å². The molecule has 0 spiro atoms. The summed E-state index contributed by atoms with van der Waals surface area (Å²) in [5, 5.41) is 17.2. The second-order valence-corrected chi connectivity index (χ2v) is 9.01. The van der Waals surface area contributed by atoms with Crippen molar-refractivity contribution in [1.82, 2.24) is 25.9 Å². The molecule has 0 radical (unpaired) electrons. The lowest BCUT2D eigenvalue weighted by atomic mass is 10.1. The molecule has 0 fully saturated rings. The van der Waals surface area contributed by atoms with Crippen LogP contribution in [0.2, 0.25) is 0 Å². The van der Waals surface area contributed by atoms with Gasteiger partial charge < -0.3 is 37.5 Å². The summed E-state index contributed by atoms with van der Waals surface area (Å²) in [6.07, 6.45) is 6.57. The number of carbonyl (C=O) groups excluding carboxylic acids is 3. The molecule has 12 nitrogen and oxygen atoms in total. The normalized spacial score (nSPS) is 14.5. The maximum absolute atomic E-state index is 13.1. The minimum atomic E-state index is -1.16. The lowest BCUT2D eigenvalue weighted by Crippen LogP contribution is -2.58. The predicted octanol–water partition coefficient (Wildman–Crippen LogP) is -1.37. The number of amides is 3. The third-order valence-corrected chi connectivity index (χ3v) is 5.99. The number of rotatable bonds is 17. The highest BCUT2D eigenvalue weighted by atomic mass is 32.2. The number of thioether (sulfide) groups is 1. The molecule has 0 bridgehead atoms. The number of nitrogens with one attached hydrogen (secondary N) is 4. The molecular formula is C20H35N7O5S2. The number of carboxylic acids is 1. The van der Waals surface area contributed by atoms with E-state index in [1.54, 1.807) is 0 Å². The number of H-pyrrole nitrogens is 1. The number of hydrogen-bond donors (Lipinski definition) is 8. The number of aliphatic carboxylic acids is 1. The van der Waals surface area contributed by atoms with Crippen LogP contribution in [0.25, 0.3) is 0 Å². The molecule has 14 heteroatoms. The number of unbranched alkanes of at least 4 members (excludes halogenated alkanes) is 1. The quantitative estimate of drug-likeness (QED) is 0.0905. The van der Waals surface area contributed by atoms with Crippen molar-refractivity contribution in [1.29, 1.82) is 0 Å². The highest BCUT2D eigenvalue weighted by molar-refractivity contribution is 7.98. The summed E-state index contributed by atoms with van der Waals surface area (Å²) < 4.78 is 0. The third-order valence-electron chi connectivity index (χ3n) is 4.95. The number of hydrogen-bond acceptors (Lipinski definition) is 9. The molecule has 4 unspecified atom stereocenters. The summed E-state index contributed by atoms with van der Waals surface area (Å²) in [6, 6.07) is -4.04. The van der Waals surface area contributed by atoms with Crippen molar-refractivity contribution in [2.24, 2.45) is 11.5 Å². The summed E-state index contributed by atoms with van der Waals surface area (Å²) in [5.41, 5.74) is 11.8. The fourth-order valence-electron chi connectivity index (χ4n) is 2.99. The topological polar surface area (TPSA) is 205 Å². The Bertz CT molecular complexity index is 781. The molecule has 1 rings (SSSR count). The van der Waals surface area contributed by atoms with Gasteiger partial charge in [0, 0.05) is 24.1 Å². The van der Waals surface area contributed by atoms with Gasteiger partial charge in [0.25, 0.3) is 0 Å². The van der Waals surface area contributed by atoms with Gasteiger partial charge in [0.05, 0.1) is 12.4 Å². The smallest absolute Gasteiger partial charge is 0.326 e. The second kappa shape index (κ2) is 16.4. The molecule has 1 aromatic rings. The molecule has 34 heavy (non-hydrogen) atoms. The summed E-state index contributed by atoms with van der Waals surface area (Å²) in [7, 11) is 0. The number of imidazole rings is 1. The lowest BCUT2D eigenvalue weighted by Gasteiger charge is -2.25. The maximum atomic E-state index is 13.1. The van der Waals surface area contributed by atoms with Gasteiger partial charge in [-0.15, -0.1) is 0 Å². The first-order chi connectivity index (χ1) is 16.2. The molecule has 0 aliphatic rings. The number of nitrogens with zero attached hydrogens (tertiary/aromatic N) is 1. The molecule has 1 aromatic heterocycles. The number of thiol groups is 1. The van der Waals surface area contributed by atoms with E-state index < -0.39 is 47.9 Å². The van der Waals surface area contributed by atoms with Crippen LogP contribution in [0, 0.1) is 0 Å². The Morgan fingerprint density at radius 2 is 1.74 bits per heavy atom. The van der Waals surface area contributed by atoms with Gasteiger partial charge in [-0.25, -0.2) is 9.78 Å². The van der Waals surface area contributed by atoms with Crippen LogP contribution in [0.15, 0.2) is 12.5 Å². The van der Waals surface area contributed by atoms with E-state index in [4.69, 9.17) is 11.5 Å². The second-order valence-electron chi connectivity index (χ2n) is 7.66. The molecule has 1 heterocycles. The van der Waals surface area contributed by atoms with Crippen LogP contribution in [0.5, 0.6) is 0 Å². The highest BCUT2D eigenvalue weighted by Crippen LogP contribution is 2.07. The van der Waals surface area contributed by atoms with Crippen molar-refractivity contribution in [3.63, 3.8) is 0 Å². The van der Waals surface area contributed by atoms with Crippen LogP contribution in [-0.2, 0) is 25.6 Å². The fourth-order valence-corrected chi connectivity index (χ4v) is 3.62. The highest BCUT2D eigenvalue weighted by Gasteiger charge is 2.30.